The van der Waals surface area contributed by atoms with E-state index in [2.05, 4.69) is 39.2 Å². The predicted octanol–water partition coefficient (Wildman–Crippen LogP) is 1.60. The molecule has 124 valence electrons. The number of likely N-dealkylation sites (tertiary alicyclic amines) is 1. The lowest BCUT2D eigenvalue weighted by Crippen LogP contribution is -2.26. The van der Waals surface area contributed by atoms with Crippen LogP contribution in [0, 0.1) is 5.92 Å². The number of rotatable bonds is 9. The smallest absolute Gasteiger partial charge is 0.128 e. The fourth-order valence-corrected chi connectivity index (χ4v) is 2.88. The number of nitrogens with one attached hydrogen (secondary N) is 1. The summed E-state index contributed by atoms with van der Waals surface area (Å²) in [5.74, 6) is 1.79. The number of methoxy groups -OCH3 is 1. The van der Waals surface area contributed by atoms with Crippen molar-refractivity contribution in [3.8, 4) is 0 Å². The van der Waals surface area contributed by atoms with Crippen LogP contribution < -0.4 is 10.2 Å². The second-order valence-corrected chi connectivity index (χ2v) is 6.12. The molecule has 0 aromatic carbocycles. The monoisotopic (exact) mass is 306 g/mol. The Kier molecular flexibility index (Phi) is 7.09. The highest BCUT2D eigenvalue weighted by Crippen LogP contribution is 2.15. The summed E-state index contributed by atoms with van der Waals surface area (Å²) < 4.78 is 5.09. The molecule has 2 heterocycles. The fraction of sp³-hybridized carbons (Fsp3) is 0.706. The molecule has 1 N–H and O–H groups in total. The molecule has 2 rings (SSSR count). The average Bonchev–Trinajstić information content (AvgIpc) is 3.01. The number of nitrogens with zero attached hydrogens (tertiary/aromatic N) is 3. The van der Waals surface area contributed by atoms with Crippen LogP contribution in [-0.2, 0) is 11.3 Å². The van der Waals surface area contributed by atoms with Crippen LogP contribution in [-0.4, -0.2) is 63.4 Å². The summed E-state index contributed by atoms with van der Waals surface area (Å²) in [5, 5.41) is 3.57. The molecule has 0 radical (unpaired) electrons. The topological polar surface area (TPSA) is 40.6 Å². The first-order valence-corrected chi connectivity index (χ1v) is 8.31. The number of ether oxygens (including phenoxy) is 1. The molecular weight excluding hydrogens is 276 g/mol. The van der Waals surface area contributed by atoms with Gasteiger partial charge in [-0.1, -0.05) is 13.0 Å². The molecule has 0 amide bonds. The van der Waals surface area contributed by atoms with Gasteiger partial charge >= 0.3 is 0 Å². The summed E-state index contributed by atoms with van der Waals surface area (Å²) in [6.45, 7) is 9.50. The SMILES string of the molecule is CCN1CC[C@@H](CNCc2ccc(N(C)CCOC)nc2)C1. The molecule has 0 spiro atoms. The van der Waals surface area contributed by atoms with E-state index in [1.54, 1.807) is 7.11 Å². The van der Waals surface area contributed by atoms with E-state index in [9.17, 15) is 0 Å². The van der Waals surface area contributed by atoms with E-state index in [0.717, 1.165) is 38.0 Å². The highest BCUT2D eigenvalue weighted by atomic mass is 16.5. The van der Waals surface area contributed by atoms with E-state index >= 15 is 0 Å². The van der Waals surface area contributed by atoms with Gasteiger partial charge in [-0.2, -0.15) is 0 Å². The maximum atomic E-state index is 5.09. The molecule has 0 bridgehead atoms. The van der Waals surface area contributed by atoms with Crippen LogP contribution in [0.15, 0.2) is 18.3 Å². The van der Waals surface area contributed by atoms with Crippen LogP contribution in [0.5, 0.6) is 0 Å². The van der Waals surface area contributed by atoms with Crippen molar-refractivity contribution in [1.29, 1.82) is 0 Å². The van der Waals surface area contributed by atoms with Crippen molar-refractivity contribution in [1.82, 2.24) is 15.2 Å². The van der Waals surface area contributed by atoms with Gasteiger partial charge in [-0.3, -0.25) is 0 Å². The normalized spacial score (nSPS) is 18.8. The highest BCUT2D eigenvalue weighted by molar-refractivity contribution is 5.38. The van der Waals surface area contributed by atoms with E-state index in [0.29, 0.717) is 0 Å². The highest BCUT2D eigenvalue weighted by Gasteiger charge is 2.20. The molecule has 1 aliphatic rings. The summed E-state index contributed by atoms with van der Waals surface area (Å²) in [4.78, 5) is 9.17. The lowest BCUT2D eigenvalue weighted by atomic mass is 10.1. The van der Waals surface area contributed by atoms with Crippen molar-refractivity contribution in [2.75, 3.05) is 58.4 Å². The Labute approximate surface area is 134 Å². The van der Waals surface area contributed by atoms with Gasteiger partial charge in [0, 0.05) is 40.0 Å². The van der Waals surface area contributed by atoms with Crippen LogP contribution >= 0.6 is 0 Å². The van der Waals surface area contributed by atoms with Crippen LogP contribution in [0.3, 0.4) is 0 Å². The Morgan fingerprint density at radius 3 is 2.95 bits per heavy atom. The molecule has 1 saturated heterocycles. The number of pyridine rings is 1. The Balaban J connectivity index is 1.70. The largest absolute Gasteiger partial charge is 0.383 e. The van der Waals surface area contributed by atoms with Crippen molar-refractivity contribution in [2.24, 2.45) is 5.92 Å². The van der Waals surface area contributed by atoms with E-state index in [1.807, 2.05) is 13.2 Å². The minimum atomic E-state index is 0.720. The Morgan fingerprint density at radius 2 is 2.32 bits per heavy atom. The van der Waals surface area contributed by atoms with Gasteiger partial charge in [0.1, 0.15) is 5.82 Å². The van der Waals surface area contributed by atoms with E-state index < -0.39 is 0 Å². The zero-order valence-electron chi connectivity index (χ0n) is 14.2. The molecule has 0 unspecified atom stereocenters. The molecule has 1 fully saturated rings. The third kappa shape index (κ3) is 5.23. The van der Waals surface area contributed by atoms with Crippen LogP contribution in [0.2, 0.25) is 0 Å². The first-order chi connectivity index (χ1) is 10.7. The van der Waals surface area contributed by atoms with Gasteiger partial charge in [-0.15, -0.1) is 0 Å². The molecule has 5 heteroatoms. The number of hydrogen-bond donors (Lipinski definition) is 1. The second kappa shape index (κ2) is 9.08. The van der Waals surface area contributed by atoms with Crippen molar-refractivity contribution >= 4 is 5.82 Å². The molecule has 1 aromatic rings. The van der Waals surface area contributed by atoms with Crippen LogP contribution in [0.1, 0.15) is 18.9 Å². The minimum Gasteiger partial charge on any atom is -0.383 e. The standard InChI is InChI=1S/C17H30N4O/c1-4-21-8-7-16(14-21)12-18-11-15-5-6-17(19-13-15)20(2)9-10-22-3/h5-6,13,16,18H,4,7-12,14H2,1-3H3/t16-/m0/s1. The molecule has 22 heavy (non-hydrogen) atoms. The average molecular weight is 306 g/mol. The molecule has 0 aliphatic carbocycles. The summed E-state index contributed by atoms with van der Waals surface area (Å²) >= 11 is 0. The van der Waals surface area contributed by atoms with Crippen molar-refractivity contribution in [2.45, 2.75) is 19.9 Å². The zero-order valence-corrected chi connectivity index (χ0v) is 14.2. The molecular formula is C17H30N4O. The third-order valence-corrected chi connectivity index (χ3v) is 4.41. The molecule has 1 aromatic heterocycles. The third-order valence-electron chi connectivity index (χ3n) is 4.41. The van der Waals surface area contributed by atoms with Gasteiger partial charge in [0.05, 0.1) is 6.61 Å². The molecule has 5 nitrogen and oxygen atoms in total. The summed E-state index contributed by atoms with van der Waals surface area (Å²) in [7, 11) is 3.76. The minimum absolute atomic E-state index is 0.720. The molecule has 0 saturated carbocycles. The van der Waals surface area contributed by atoms with E-state index in [-0.39, 0.29) is 0 Å². The lowest BCUT2D eigenvalue weighted by molar-refractivity contribution is 0.206. The zero-order chi connectivity index (χ0) is 15.8. The van der Waals surface area contributed by atoms with Crippen molar-refractivity contribution < 1.29 is 4.74 Å². The van der Waals surface area contributed by atoms with Crippen LogP contribution in [0.25, 0.3) is 0 Å². The van der Waals surface area contributed by atoms with Crippen molar-refractivity contribution in [3.05, 3.63) is 23.9 Å². The van der Waals surface area contributed by atoms with Gasteiger partial charge in [0.2, 0.25) is 0 Å². The van der Waals surface area contributed by atoms with Gasteiger partial charge in [-0.25, -0.2) is 4.98 Å². The molecule has 1 atom stereocenters. The Morgan fingerprint density at radius 1 is 1.45 bits per heavy atom. The number of anilines is 1. The first-order valence-electron chi connectivity index (χ1n) is 8.31. The van der Waals surface area contributed by atoms with Gasteiger partial charge in [0.25, 0.3) is 0 Å². The summed E-state index contributed by atoms with van der Waals surface area (Å²) in [6, 6.07) is 4.24. The maximum absolute atomic E-state index is 5.09. The second-order valence-electron chi connectivity index (χ2n) is 6.12. The van der Waals surface area contributed by atoms with Gasteiger partial charge < -0.3 is 19.9 Å². The Hall–Kier alpha value is -1.17. The summed E-state index contributed by atoms with van der Waals surface area (Å²) in [5.41, 5.74) is 1.24. The summed E-state index contributed by atoms with van der Waals surface area (Å²) in [6.07, 6.45) is 3.29. The quantitative estimate of drug-likeness (QED) is 0.750. The fourth-order valence-electron chi connectivity index (χ4n) is 2.88. The number of likely N-dealkylation sites (N-methyl/N-ethyl adjacent to an activating group) is 1. The van der Waals surface area contributed by atoms with E-state index in [4.69, 9.17) is 4.74 Å². The van der Waals surface area contributed by atoms with Gasteiger partial charge in [-0.05, 0) is 43.6 Å². The Bertz CT molecular complexity index is 423. The first kappa shape index (κ1) is 17.2. The van der Waals surface area contributed by atoms with Gasteiger partial charge in [0.15, 0.2) is 0 Å². The lowest BCUT2D eigenvalue weighted by Gasteiger charge is -2.18. The van der Waals surface area contributed by atoms with E-state index in [1.165, 1.54) is 31.6 Å². The molecule has 1 aliphatic heterocycles. The van der Waals surface area contributed by atoms with Crippen LogP contribution in [0.4, 0.5) is 5.82 Å². The number of hydrogen-bond acceptors (Lipinski definition) is 5. The predicted molar refractivity (Wildman–Crippen MR) is 91.3 cm³/mol. The maximum Gasteiger partial charge on any atom is 0.128 e. The van der Waals surface area contributed by atoms with Crippen molar-refractivity contribution in [3.63, 3.8) is 0 Å². The number of aromatic nitrogens is 1.